The maximum absolute atomic E-state index is 12.3. The highest BCUT2D eigenvalue weighted by Crippen LogP contribution is 2.33. The molecule has 0 bridgehead atoms. The van der Waals surface area contributed by atoms with Gasteiger partial charge in [-0.15, -0.1) is 0 Å². The van der Waals surface area contributed by atoms with Crippen molar-refractivity contribution >= 4 is 41.9 Å². The number of ether oxygens (including phenoxy) is 3. The minimum Gasteiger partial charge on any atom is -0.480 e. The lowest BCUT2D eigenvalue weighted by Crippen LogP contribution is -2.44. The standard InChI is InChI=1S/C15H27N3O4.C15H25N3O3.C10H17NO4.C5H12N2O/c1-14(2,3)12(16)17-22-11(19)10-8-7-9-18(10)13(20)21-15(4,5)6;1-14(2,3)12-16-11(21-17-12)10-8-7-9-18(10)13(19)20-15(4,5)6;1-10(2,3)15-9(14)11-6-4-5-7(11)8(12)13;1-5(2,3)4(6)7-8/h10H,7-9H2,1-6H3,(H2,16,17);10H,7-9H2,1-6H3;7H,4-6H2,1-3H3,(H,12,13);8H,1-3H3,(H2,6,7)/t2*10-;7-;/m000./s1. The van der Waals surface area contributed by atoms with Gasteiger partial charge >= 0.3 is 30.2 Å². The number of carboxylic acids is 1. The topological polar surface area (TPSA) is 288 Å². The van der Waals surface area contributed by atoms with Gasteiger partial charge in [0.15, 0.2) is 5.82 Å². The van der Waals surface area contributed by atoms with E-state index in [1.165, 1.54) is 9.80 Å². The van der Waals surface area contributed by atoms with Gasteiger partial charge in [0.1, 0.15) is 46.6 Å². The number of aromatic nitrogens is 2. The Kier molecular flexibility index (Phi) is 20.8. The van der Waals surface area contributed by atoms with Crippen LogP contribution in [0.4, 0.5) is 14.4 Å². The molecule has 0 aromatic carbocycles. The van der Waals surface area contributed by atoms with Crippen LogP contribution in [-0.2, 0) is 34.1 Å². The number of nitrogens with zero attached hydrogens (tertiary/aromatic N) is 7. The van der Waals surface area contributed by atoms with Gasteiger partial charge in [-0.1, -0.05) is 77.8 Å². The van der Waals surface area contributed by atoms with Gasteiger partial charge in [0.25, 0.3) is 0 Å². The third-order valence-corrected chi connectivity index (χ3v) is 9.48. The van der Waals surface area contributed by atoms with Crippen LogP contribution < -0.4 is 11.5 Å². The second-order valence-corrected chi connectivity index (χ2v) is 22.4. The van der Waals surface area contributed by atoms with Gasteiger partial charge in [-0.05, 0) is 101 Å². The molecule has 3 amide bonds. The SMILES string of the molecule is CC(C)(C)/C(N)=N/O.CC(C)(C)OC(=O)N1CCC[C@H]1C(=O)O.CC(C)(C)OC(=O)N1CCC[C@H]1C(=O)O/N=C(\N)C(C)(C)C.CC(C)(C)OC(=O)N1CCC[C@H]1c1nc(C(C)(C)C)no1. The Bertz CT molecular complexity index is 1840. The van der Waals surface area contributed by atoms with Crippen molar-refractivity contribution in [1.82, 2.24) is 24.8 Å². The average Bonchev–Trinajstić information content (AvgIpc) is 3.97. The van der Waals surface area contributed by atoms with E-state index < -0.39 is 53.0 Å². The lowest BCUT2D eigenvalue weighted by Gasteiger charge is -2.27. The van der Waals surface area contributed by atoms with E-state index in [1.54, 1.807) is 46.4 Å². The molecule has 3 atom stereocenters. The zero-order valence-electron chi connectivity index (χ0n) is 42.9. The van der Waals surface area contributed by atoms with Crippen molar-refractivity contribution in [3.05, 3.63) is 11.7 Å². The van der Waals surface area contributed by atoms with Crippen molar-refractivity contribution in [3.63, 3.8) is 0 Å². The number of nitrogens with two attached hydrogens (primary N) is 2. The van der Waals surface area contributed by atoms with Crippen molar-refractivity contribution in [2.24, 2.45) is 32.6 Å². The quantitative estimate of drug-likeness (QED) is 0.0556. The number of oxime groups is 2. The van der Waals surface area contributed by atoms with Crippen LogP contribution in [-0.4, -0.2) is 126 Å². The Labute approximate surface area is 391 Å². The Morgan fingerprint density at radius 3 is 1.38 bits per heavy atom. The molecule has 1 aromatic heterocycles. The monoisotopic (exact) mass is 940 g/mol. The maximum Gasteiger partial charge on any atom is 0.411 e. The van der Waals surface area contributed by atoms with E-state index in [9.17, 15) is 24.0 Å². The highest BCUT2D eigenvalue weighted by atomic mass is 16.7. The van der Waals surface area contributed by atoms with E-state index in [0.717, 1.165) is 25.7 Å². The zero-order valence-corrected chi connectivity index (χ0v) is 42.9. The number of aliphatic carboxylic acids is 1. The van der Waals surface area contributed by atoms with Crippen molar-refractivity contribution in [2.45, 2.75) is 203 Å². The van der Waals surface area contributed by atoms with Crippen molar-refractivity contribution in [3.8, 4) is 0 Å². The summed E-state index contributed by atoms with van der Waals surface area (Å²) < 4.78 is 21.2. The average molecular weight is 940 g/mol. The maximum atomic E-state index is 12.3. The molecule has 1 aromatic rings. The van der Waals surface area contributed by atoms with Gasteiger partial charge in [-0.25, -0.2) is 24.0 Å². The zero-order chi connectivity index (χ0) is 51.4. The number of carbonyl (C=O) groups is 5. The Morgan fingerprint density at radius 2 is 1.02 bits per heavy atom. The molecular weight excluding hydrogens is 859 g/mol. The van der Waals surface area contributed by atoms with E-state index in [-0.39, 0.29) is 40.1 Å². The van der Waals surface area contributed by atoms with Crippen LogP contribution in [0, 0.1) is 10.8 Å². The number of amides is 3. The minimum atomic E-state index is -0.960. The first-order chi connectivity index (χ1) is 29.8. The molecule has 21 nitrogen and oxygen atoms in total. The van der Waals surface area contributed by atoms with Crippen LogP contribution >= 0.6 is 0 Å². The lowest BCUT2D eigenvalue weighted by molar-refractivity contribution is -0.149. The summed E-state index contributed by atoms with van der Waals surface area (Å²) in [6.45, 7) is 35.1. The molecule has 378 valence electrons. The van der Waals surface area contributed by atoms with Crippen LogP contribution in [0.2, 0.25) is 0 Å². The number of carbonyl (C=O) groups excluding carboxylic acids is 4. The molecule has 6 N–H and O–H groups in total. The second-order valence-electron chi connectivity index (χ2n) is 22.4. The summed E-state index contributed by atoms with van der Waals surface area (Å²) in [6.07, 6.45) is 2.85. The summed E-state index contributed by atoms with van der Waals surface area (Å²) in [4.78, 5) is 72.7. The number of carboxylic acid groups (broad SMARTS) is 1. The van der Waals surface area contributed by atoms with Crippen LogP contribution in [0.3, 0.4) is 0 Å². The number of amidine groups is 2. The fourth-order valence-electron chi connectivity index (χ4n) is 5.79. The van der Waals surface area contributed by atoms with E-state index in [0.29, 0.717) is 44.2 Å². The Hall–Kier alpha value is -5.37. The smallest absolute Gasteiger partial charge is 0.411 e. The van der Waals surface area contributed by atoms with Crippen LogP contribution in [0.15, 0.2) is 14.8 Å². The highest BCUT2D eigenvalue weighted by Gasteiger charge is 2.40. The third kappa shape index (κ3) is 20.4. The molecule has 3 aliphatic heterocycles. The second kappa shape index (κ2) is 23.4. The van der Waals surface area contributed by atoms with Gasteiger partial charge < -0.3 is 45.4 Å². The van der Waals surface area contributed by atoms with Gasteiger partial charge in [-0.3, -0.25) is 14.7 Å². The van der Waals surface area contributed by atoms with Gasteiger partial charge in [0.2, 0.25) is 5.89 Å². The summed E-state index contributed by atoms with van der Waals surface area (Å²) in [7, 11) is 0. The predicted molar refractivity (Wildman–Crippen MR) is 248 cm³/mol. The molecule has 0 spiro atoms. The number of likely N-dealkylation sites (tertiary alicyclic amines) is 3. The highest BCUT2D eigenvalue weighted by molar-refractivity contribution is 5.87. The molecule has 3 aliphatic rings. The first-order valence-electron chi connectivity index (χ1n) is 22.4. The molecule has 4 rings (SSSR count). The minimum absolute atomic E-state index is 0.170. The molecule has 21 heteroatoms. The Morgan fingerprint density at radius 1 is 0.621 bits per heavy atom. The summed E-state index contributed by atoms with van der Waals surface area (Å²) >= 11 is 0. The van der Waals surface area contributed by atoms with Crippen LogP contribution in [0.25, 0.3) is 0 Å². The van der Waals surface area contributed by atoms with Gasteiger partial charge in [0, 0.05) is 35.9 Å². The molecule has 3 fully saturated rings. The van der Waals surface area contributed by atoms with E-state index in [1.807, 2.05) is 83.1 Å². The molecule has 0 radical (unpaired) electrons. The largest absolute Gasteiger partial charge is 0.480 e. The lowest BCUT2D eigenvalue weighted by atomic mass is 9.96. The summed E-state index contributed by atoms with van der Waals surface area (Å²) in [6, 6.07) is -1.57. The molecule has 0 unspecified atom stereocenters. The van der Waals surface area contributed by atoms with Crippen LogP contribution in [0.1, 0.15) is 181 Å². The molecule has 66 heavy (non-hydrogen) atoms. The fraction of sp³-hybridized carbons (Fsp3) is 0.800. The third-order valence-electron chi connectivity index (χ3n) is 9.48. The summed E-state index contributed by atoms with van der Waals surface area (Å²) in [5.41, 5.74) is 8.53. The first-order valence-corrected chi connectivity index (χ1v) is 22.4. The van der Waals surface area contributed by atoms with E-state index in [4.69, 9.17) is 45.4 Å². The van der Waals surface area contributed by atoms with E-state index >= 15 is 0 Å². The van der Waals surface area contributed by atoms with Crippen molar-refractivity contribution < 1.29 is 57.9 Å². The Balaban J connectivity index is 0.000000463. The van der Waals surface area contributed by atoms with Gasteiger partial charge in [-0.2, -0.15) is 4.98 Å². The van der Waals surface area contributed by atoms with E-state index in [2.05, 4.69) is 20.5 Å². The normalized spacial score (nSPS) is 19.6. The summed E-state index contributed by atoms with van der Waals surface area (Å²) in [5, 5.41) is 27.6. The number of hydrogen-bond donors (Lipinski definition) is 4. The van der Waals surface area contributed by atoms with Crippen molar-refractivity contribution in [1.29, 1.82) is 0 Å². The van der Waals surface area contributed by atoms with Crippen LogP contribution in [0.5, 0.6) is 0 Å². The molecule has 0 saturated carbocycles. The fourth-order valence-corrected chi connectivity index (χ4v) is 5.79. The number of rotatable bonds is 4. The molecule has 3 saturated heterocycles. The number of hydrogen-bond acceptors (Lipinski definition) is 15. The first kappa shape index (κ1) is 58.6. The molecule has 0 aliphatic carbocycles. The summed E-state index contributed by atoms with van der Waals surface area (Å²) in [5.74, 6) is 0.103. The predicted octanol–water partition coefficient (Wildman–Crippen LogP) is 7.94. The van der Waals surface area contributed by atoms with Gasteiger partial charge in [0.05, 0.1) is 0 Å². The van der Waals surface area contributed by atoms with Crippen molar-refractivity contribution in [2.75, 3.05) is 19.6 Å². The molecular formula is C45H81N9O12. The molecule has 4 heterocycles.